The average Bonchev–Trinajstić information content (AvgIpc) is 2.31. The third kappa shape index (κ3) is 4.06. The van der Waals surface area contributed by atoms with Crippen LogP contribution in [0.1, 0.15) is 37.0 Å². The minimum Gasteiger partial charge on any atom is -0.483 e. The minimum absolute atomic E-state index is 0.0668. The van der Waals surface area contributed by atoms with Crippen molar-refractivity contribution in [3.8, 4) is 5.75 Å². The second kappa shape index (κ2) is 6.43. The molecule has 1 aromatic rings. The molecule has 1 unspecified atom stereocenters. The van der Waals surface area contributed by atoms with E-state index < -0.39 is 0 Å². The number of hydrogen-bond donors (Lipinski definition) is 1. The zero-order valence-corrected chi connectivity index (χ0v) is 12.0. The van der Waals surface area contributed by atoms with E-state index in [4.69, 9.17) is 4.74 Å². The normalized spacial score (nSPS) is 12.1. The van der Waals surface area contributed by atoms with Crippen molar-refractivity contribution in [2.24, 2.45) is 0 Å². The van der Waals surface area contributed by atoms with Gasteiger partial charge in [0.05, 0.1) is 0 Å². The maximum atomic E-state index is 11.6. The molecule has 1 amide bonds. The van der Waals surface area contributed by atoms with Gasteiger partial charge < -0.3 is 10.1 Å². The van der Waals surface area contributed by atoms with E-state index in [0.717, 1.165) is 23.3 Å². The molecule has 0 aliphatic carbocycles. The van der Waals surface area contributed by atoms with Crippen LogP contribution in [0.25, 0.3) is 0 Å². The van der Waals surface area contributed by atoms with E-state index in [2.05, 4.69) is 18.3 Å². The molecule has 0 radical (unpaired) electrons. The molecule has 3 nitrogen and oxygen atoms in total. The molecule has 0 aliphatic rings. The van der Waals surface area contributed by atoms with Gasteiger partial charge in [0.2, 0.25) is 0 Å². The van der Waals surface area contributed by atoms with Gasteiger partial charge in [0.25, 0.3) is 5.91 Å². The van der Waals surface area contributed by atoms with E-state index in [9.17, 15) is 4.79 Å². The Morgan fingerprint density at radius 2 is 2.00 bits per heavy atom. The van der Waals surface area contributed by atoms with Crippen LogP contribution in [0.2, 0.25) is 0 Å². The molecular formula is C15H23NO2. The largest absolute Gasteiger partial charge is 0.483 e. The molecule has 100 valence electrons. The van der Waals surface area contributed by atoms with Crippen LogP contribution >= 0.6 is 0 Å². The summed E-state index contributed by atoms with van der Waals surface area (Å²) in [4.78, 5) is 11.6. The molecule has 1 rings (SSSR count). The second-order valence-electron chi connectivity index (χ2n) is 4.87. The van der Waals surface area contributed by atoms with Gasteiger partial charge in [-0.15, -0.1) is 0 Å². The number of rotatable bonds is 5. The fourth-order valence-corrected chi connectivity index (χ4v) is 1.71. The molecule has 18 heavy (non-hydrogen) atoms. The standard InChI is InChI=1S/C15H23NO2/c1-6-12(4)16-15(17)9-18-14-8-10(2)7-11(3)13(14)5/h7-8,12H,6,9H2,1-5H3,(H,16,17). The van der Waals surface area contributed by atoms with Gasteiger partial charge in [0.15, 0.2) is 6.61 Å². The Hall–Kier alpha value is -1.51. The zero-order valence-electron chi connectivity index (χ0n) is 12.0. The van der Waals surface area contributed by atoms with E-state index in [0.29, 0.717) is 0 Å². The van der Waals surface area contributed by atoms with Crippen LogP contribution in [-0.4, -0.2) is 18.6 Å². The van der Waals surface area contributed by atoms with Gasteiger partial charge in [-0.3, -0.25) is 4.79 Å². The van der Waals surface area contributed by atoms with Crippen LogP contribution in [0.15, 0.2) is 12.1 Å². The number of aryl methyl sites for hydroxylation is 2. The lowest BCUT2D eigenvalue weighted by Crippen LogP contribution is -2.35. The highest BCUT2D eigenvalue weighted by molar-refractivity contribution is 5.77. The van der Waals surface area contributed by atoms with Crippen molar-refractivity contribution in [2.75, 3.05) is 6.61 Å². The van der Waals surface area contributed by atoms with Crippen molar-refractivity contribution in [1.29, 1.82) is 0 Å². The average molecular weight is 249 g/mol. The number of ether oxygens (including phenoxy) is 1. The summed E-state index contributed by atoms with van der Waals surface area (Å²) in [7, 11) is 0. The molecule has 0 aliphatic heterocycles. The fraction of sp³-hybridized carbons (Fsp3) is 0.533. The van der Waals surface area contributed by atoms with Crippen molar-refractivity contribution < 1.29 is 9.53 Å². The maximum Gasteiger partial charge on any atom is 0.258 e. The summed E-state index contributed by atoms with van der Waals surface area (Å²) < 4.78 is 5.59. The quantitative estimate of drug-likeness (QED) is 0.871. The van der Waals surface area contributed by atoms with Crippen molar-refractivity contribution in [1.82, 2.24) is 5.32 Å². The van der Waals surface area contributed by atoms with Crippen molar-refractivity contribution in [2.45, 2.75) is 47.1 Å². The SMILES string of the molecule is CCC(C)NC(=O)COc1cc(C)cc(C)c1C. The van der Waals surface area contributed by atoms with Gasteiger partial charge in [-0.25, -0.2) is 0 Å². The third-order valence-electron chi connectivity index (χ3n) is 3.14. The lowest BCUT2D eigenvalue weighted by molar-refractivity contribution is -0.123. The third-order valence-corrected chi connectivity index (χ3v) is 3.14. The molecule has 1 atom stereocenters. The molecule has 0 aromatic heterocycles. The van der Waals surface area contributed by atoms with E-state index >= 15 is 0 Å². The lowest BCUT2D eigenvalue weighted by atomic mass is 10.1. The lowest BCUT2D eigenvalue weighted by Gasteiger charge is -2.14. The highest BCUT2D eigenvalue weighted by Gasteiger charge is 2.08. The minimum atomic E-state index is -0.0668. The van der Waals surface area contributed by atoms with Crippen LogP contribution in [0.4, 0.5) is 0 Å². The maximum absolute atomic E-state index is 11.6. The summed E-state index contributed by atoms with van der Waals surface area (Å²) in [6, 6.07) is 4.28. The van der Waals surface area contributed by atoms with Crippen LogP contribution in [0, 0.1) is 20.8 Å². The molecule has 1 N–H and O–H groups in total. The van der Waals surface area contributed by atoms with Crippen LogP contribution in [-0.2, 0) is 4.79 Å². The van der Waals surface area contributed by atoms with Gasteiger partial charge in [-0.05, 0) is 56.9 Å². The summed E-state index contributed by atoms with van der Waals surface area (Å²) in [6.45, 7) is 10.2. The first kappa shape index (κ1) is 14.6. The Balaban J connectivity index is 2.61. The Morgan fingerprint density at radius 3 is 2.61 bits per heavy atom. The highest BCUT2D eigenvalue weighted by Crippen LogP contribution is 2.23. The Kier molecular flexibility index (Phi) is 5.20. The van der Waals surface area contributed by atoms with E-state index in [-0.39, 0.29) is 18.6 Å². The smallest absolute Gasteiger partial charge is 0.258 e. The Morgan fingerprint density at radius 1 is 1.33 bits per heavy atom. The summed E-state index contributed by atoms with van der Waals surface area (Å²) in [5.41, 5.74) is 3.43. The molecular weight excluding hydrogens is 226 g/mol. The first-order chi connectivity index (χ1) is 8.43. The first-order valence-electron chi connectivity index (χ1n) is 6.44. The van der Waals surface area contributed by atoms with Crippen molar-refractivity contribution in [3.63, 3.8) is 0 Å². The number of carbonyl (C=O) groups is 1. The fourth-order valence-electron chi connectivity index (χ4n) is 1.71. The van der Waals surface area contributed by atoms with Crippen LogP contribution in [0.5, 0.6) is 5.75 Å². The van der Waals surface area contributed by atoms with Gasteiger partial charge >= 0.3 is 0 Å². The first-order valence-corrected chi connectivity index (χ1v) is 6.44. The van der Waals surface area contributed by atoms with Gasteiger partial charge in [0.1, 0.15) is 5.75 Å². The summed E-state index contributed by atoms with van der Waals surface area (Å²) in [5.74, 6) is 0.731. The molecule has 0 heterocycles. The van der Waals surface area contributed by atoms with Gasteiger partial charge in [-0.1, -0.05) is 13.0 Å². The topological polar surface area (TPSA) is 38.3 Å². The van der Waals surface area contributed by atoms with E-state index in [1.807, 2.05) is 33.8 Å². The molecule has 0 bridgehead atoms. The van der Waals surface area contributed by atoms with Gasteiger partial charge in [-0.2, -0.15) is 0 Å². The predicted molar refractivity (Wildman–Crippen MR) is 74.0 cm³/mol. The number of benzene rings is 1. The molecule has 1 aromatic carbocycles. The molecule has 3 heteroatoms. The highest BCUT2D eigenvalue weighted by atomic mass is 16.5. The van der Waals surface area contributed by atoms with E-state index in [1.165, 1.54) is 5.56 Å². The van der Waals surface area contributed by atoms with Crippen LogP contribution in [0.3, 0.4) is 0 Å². The number of carbonyl (C=O) groups excluding carboxylic acids is 1. The summed E-state index contributed by atoms with van der Waals surface area (Å²) >= 11 is 0. The summed E-state index contributed by atoms with van der Waals surface area (Å²) in [6.07, 6.45) is 0.925. The van der Waals surface area contributed by atoms with Crippen molar-refractivity contribution in [3.05, 3.63) is 28.8 Å². The molecule has 0 saturated carbocycles. The monoisotopic (exact) mass is 249 g/mol. The molecule has 0 saturated heterocycles. The second-order valence-corrected chi connectivity index (χ2v) is 4.87. The zero-order chi connectivity index (χ0) is 13.7. The van der Waals surface area contributed by atoms with Crippen LogP contribution < -0.4 is 10.1 Å². The molecule has 0 fully saturated rings. The van der Waals surface area contributed by atoms with E-state index in [1.54, 1.807) is 0 Å². The molecule has 0 spiro atoms. The summed E-state index contributed by atoms with van der Waals surface area (Å²) in [5, 5.41) is 2.88. The number of nitrogens with one attached hydrogen (secondary N) is 1. The predicted octanol–water partition coefficient (Wildman–Crippen LogP) is 2.91. The van der Waals surface area contributed by atoms with Crippen molar-refractivity contribution >= 4 is 5.91 Å². The Bertz CT molecular complexity index is 427. The van der Waals surface area contributed by atoms with Gasteiger partial charge in [0, 0.05) is 6.04 Å². The number of hydrogen-bond acceptors (Lipinski definition) is 2. The Labute approximate surface area is 110 Å². The number of amides is 1.